The largest absolute Gasteiger partial charge is 0.496 e. The number of ether oxygens (including phenoxy) is 1. The van der Waals surface area contributed by atoms with Crippen LogP contribution < -0.4 is 10.1 Å². The van der Waals surface area contributed by atoms with Crippen molar-refractivity contribution in [2.24, 2.45) is 0 Å². The number of hydrogen-bond acceptors (Lipinski definition) is 3. The standard InChI is InChI=1S/C15H21N3O/c1-11-4-5-15(19-3)13(8-11)6-7-16-9-14-10-17-18-12(14)2/h4-5,8,10,16H,6-7,9H2,1-3H3,(H,17,18). The summed E-state index contributed by atoms with van der Waals surface area (Å²) >= 11 is 0. The van der Waals surface area contributed by atoms with Gasteiger partial charge >= 0.3 is 0 Å². The van der Waals surface area contributed by atoms with Crippen molar-refractivity contribution in [3.05, 3.63) is 46.8 Å². The molecule has 19 heavy (non-hydrogen) atoms. The van der Waals surface area contributed by atoms with Crippen molar-refractivity contribution in [2.75, 3.05) is 13.7 Å². The van der Waals surface area contributed by atoms with Crippen molar-refractivity contribution in [1.82, 2.24) is 15.5 Å². The summed E-state index contributed by atoms with van der Waals surface area (Å²) in [6.45, 7) is 5.90. The molecular formula is C15H21N3O. The molecular weight excluding hydrogens is 238 g/mol. The van der Waals surface area contributed by atoms with E-state index in [4.69, 9.17) is 4.74 Å². The highest BCUT2D eigenvalue weighted by Gasteiger charge is 2.03. The smallest absolute Gasteiger partial charge is 0.122 e. The summed E-state index contributed by atoms with van der Waals surface area (Å²) in [6.07, 6.45) is 2.83. The van der Waals surface area contributed by atoms with Crippen LogP contribution >= 0.6 is 0 Å². The fraction of sp³-hybridized carbons (Fsp3) is 0.400. The van der Waals surface area contributed by atoms with Crippen molar-refractivity contribution >= 4 is 0 Å². The van der Waals surface area contributed by atoms with Crippen LogP contribution in [0.2, 0.25) is 0 Å². The van der Waals surface area contributed by atoms with Gasteiger partial charge in [0, 0.05) is 17.8 Å². The lowest BCUT2D eigenvalue weighted by Gasteiger charge is -2.10. The van der Waals surface area contributed by atoms with Crippen LogP contribution in [-0.2, 0) is 13.0 Å². The first kappa shape index (κ1) is 13.6. The Labute approximate surface area is 114 Å². The molecule has 1 aromatic heterocycles. The second kappa shape index (κ2) is 6.38. The predicted octanol–water partition coefficient (Wildman–Crippen LogP) is 2.37. The first-order chi connectivity index (χ1) is 9.20. The molecule has 0 aliphatic rings. The van der Waals surface area contributed by atoms with Crippen molar-refractivity contribution in [3.8, 4) is 5.75 Å². The van der Waals surface area contributed by atoms with Crippen molar-refractivity contribution in [2.45, 2.75) is 26.8 Å². The predicted molar refractivity (Wildman–Crippen MR) is 76.5 cm³/mol. The van der Waals surface area contributed by atoms with Crippen LogP contribution in [0, 0.1) is 13.8 Å². The Kier molecular flexibility index (Phi) is 4.58. The Morgan fingerprint density at radius 1 is 1.26 bits per heavy atom. The molecule has 2 aromatic rings. The van der Waals surface area contributed by atoms with E-state index in [-0.39, 0.29) is 0 Å². The van der Waals surface area contributed by atoms with E-state index in [0.717, 1.165) is 31.0 Å². The quantitative estimate of drug-likeness (QED) is 0.783. The van der Waals surface area contributed by atoms with E-state index in [0.29, 0.717) is 0 Å². The van der Waals surface area contributed by atoms with Crippen molar-refractivity contribution < 1.29 is 4.74 Å². The van der Waals surface area contributed by atoms with E-state index in [9.17, 15) is 0 Å². The van der Waals surface area contributed by atoms with E-state index in [1.54, 1.807) is 7.11 Å². The minimum Gasteiger partial charge on any atom is -0.496 e. The molecule has 0 saturated heterocycles. The highest BCUT2D eigenvalue weighted by atomic mass is 16.5. The Morgan fingerprint density at radius 2 is 2.11 bits per heavy atom. The van der Waals surface area contributed by atoms with E-state index in [2.05, 4.69) is 34.6 Å². The molecule has 2 N–H and O–H groups in total. The summed E-state index contributed by atoms with van der Waals surface area (Å²) in [5.41, 5.74) is 4.86. The summed E-state index contributed by atoms with van der Waals surface area (Å²) < 4.78 is 5.38. The summed E-state index contributed by atoms with van der Waals surface area (Å²) in [5, 5.41) is 10.4. The average Bonchev–Trinajstić information content (AvgIpc) is 2.80. The van der Waals surface area contributed by atoms with Gasteiger partial charge in [0.2, 0.25) is 0 Å². The maximum absolute atomic E-state index is 5.38. The zero-order chi connectivity index (χ0) is 13.7. The number of benzene rings is 1. The van der Waals surface area contributed by atoms with Gasteiger partial charge in [-0.1, -0.05) is 17.7 Å². The third-order valence-corrected chi connectivity index (χ3v) is 3.26. The van der Waals surface area contributed by atoms with Crippen LogP contribution in [0.1, 0.15) is 22.4 Å². The molecule has 4 nitrogen and oxygen atoms in total. The summed E-state index contributed by atoms with van der Waals surface area (Å²) in [7, 11) is 1.72. The fourth-order valence-corrected chi connectivity index (χ4v) is 2.10. The SMILES string of the molecule is COc1ccc(C)cc1CCNCc1cn[nH]c1C. The van der Waals surface area contributed by atoms with Gasteiger partial charge in [-0.25, -0.2) is 0 Å². The second-order valence-corrected chi connectivity index (χ2v) is 4.76. The van der Waals surface area contributed by atoms with E-state index >= 15 is 0 Å². The van der Waals surface area contributed by atoms with Crippen LogP contribution in [0.15, 0.2) is 24.4 Å². The molecule has 102 valence electrons. The third-order valence-electron chi connectivity index (χ3n) is 3.26. The van der Waals surface area contributed by atoms with Gasteiger partial charge < -0.3 is 10.1 Å². The van der Waals surface area contributed by atoms with Crippen LogP contribution in [0.25, 0.3) is 0 Å². The van der Waals surface area contributed by atoms with E-state index in [1.165, 1.54) is 16.7 Å². The maximum Gasteiger partial charge on any atom is 0.122 e. The Morgan fingerprint density at radius 3 is 2.79 bits per heavy atom. The Balaban J connectivity index is 1.86. The fourth-order valence-electron chi connectivity index (χ4n) is 2.10. The topological polar surface area (TPSA) is 49.9 Å². The summed E-state index contributed by atoms with van der Waals surface area (Å²) in [6, 6.07) is 6.29. The molecule has 0 saturated carbocycles. The zero-order valence-electron chi connectivity index (χ0n) is 11.8. The molecule has 0 amide bonds. The number of methoxy groups -OCH3 is 1. The first-order valence-electron chi connectivity index (χ1n) is 6.54. The molecule has 0 fully saturated rings. The van der Waals surface area contributed by atoms with Gasteiger partial charge in [-0.05, 0) is 38.4 Å². The monoisotopic (exact) mass is 259 g/mol. The average molecular weight is 259 g/mol. The van der Waals surface area contributed by atoms with E-state index < -0.39 is 0 Å². The number of aromatic amines is 1. The normalized spacial score (nSPS) is 10.7. The molecule has 0 radical (unpaired) electrons. The van der Waals surface area contributed by atoms with Gasteiger partial charge in [-0.15, -0.1) is 0 Å². The number of rotatable bonds is 6. The molecule has 2 rings (SSSR count). The van der Waals surface area contributed by atoms with Crippen molar-refractivity contribution in [3.63, 3.8) is 0 Å². The van der Waals surface area contributed by atoms with Gasteiger partial charge in [-0.2, -0.15) is 5.10 Å². The lowest BCUT2D eigenvalue weighted by atomic mass is 10.1. The first-order valence-corrected chi connectivity index (χ1v) is 6.54. The minimum atomic E-state index is 0.844. The number of nitrogens with one attached hydrogen (secondary N) is 2. The van der Waals surface area contributed by atoms with E-state index in [1.807, 2.05) is 19.2 Å². The molecule has 1 aromatic carbocycles. The van der Waals surface area contributed by atoms with Gasteiger partial charge in [0.05, 0.1) is 13.3 Å². The lowest BCUT2D eigenvalue weighted by Crippen LogP contribution is -2.17. The van der Waals surface area contributed by atoms with Crippen LogP contribution in [0.4, 0.5) is 0 Å². The van der Waals surface area contributed by atoms with Crippen LogP contribution in [0.5, 0.6) is 5.75 Å². The molecule has 0 aliphatic heterocycles. The molecule has 0 atom stereocenters. The maximum atomic E-state index is 5.38. The molecule has 0 unspecified atom stereocenters. The number of aromatic nitrogens is 2. The molecule has 4 heteroatoms. The molecule has 0 bridgehead atoms. The van der Waals surface area contributed by atoms with Crippen LogP contribution in [0.3, 0.4) is 0 Å². The van der Waals surface area contributed by atoms with Gasteiger partial charge in [0.15, 0.2) is 0 Å². The number of nitrogens with zero attached hydrogens (tertiary/aromatic N) is 1. The molecule has 1 heterocycles. The zero-order valence-corrected chi connectivity index (χ0v) is 11.8. The van der Waals surface area contributed by atoms with Crippen molar-refractivity contribution in [1.29, 1.82) is 0 Å². The van der Waals surface area contributed by atoms with Crippen LogP contribution in [-0.4, -0.2) is 23.9 Å². The highest BCUT2D eigenvalue weighted by molar-refractivity contribution is 5.37. The number of aryl methyl sites for hydroxylation is 2. The molecule has 0 aliphatic carbocycles. The summed E-state index contributed by atoms with van der Waals surface area (Å²) in [5.74, 6) is 0.965. The minimum absolute atomic E-state index is 0.844. The van der Waals surface area contributed by atoms with Gasteiger partial charge in [0.25, 0.3) is 0 Å². The van der Waals surface area contributed by atoms with Gasteiger partial charge in [0.1, 0.15) is 5.75 Å². The molecule has 0 spiro atoms. The Bertz CT molecular complexity index is 534. The third kappa shape index (κ3) is 3.58. The Hall–Kier alpha value is -1.81. The highest BCUT2D eigenvalue weighted by Crippen LogP contribution is 2.19. The lowest BCUT2D eigenvalue weighted by molar-refractivity contribution is 0.409. The summed E-state index contributed by atoms with van der Waals surface area (Å²) in [4.78, 5) is 0. The second-order valence-electron chi connectivity index (χ2n) is 4.76. The number of H-pyrrole nitrogens is 1. The van der Waals surface area contributed by atoms with Gasteiger partial charge in [-0.3, -0.25) is 5.10 Å². The number of hydrogen-bond donors (Lipinski definition) is 2.